The molecule has 1 aromatic heterocycles. The number of hydrogen-bond donors (Lipinski definition) is 2. The number of benzene rings is 1. The average Bonchev–Trinajstić information content (AvgIpc) is 2.95. The number of nitrogens with one attached hydrogen (secondary N) is 2. The van der Waals surface area contributed by atoms with E-state index in [1.54, 1.807) is 0 Å². The van der Waals surface area contributed by atoms with Gasteiger partial charge >= 0.3 is 6.01 Å². The molecule has 1 aromatic carbocycles. The van der Waals surface area contributed by atoms with Crippen LogP contribution in [0.15, 0.2) is 22.6 Å². The van der Waals surface area contributed by atoms with Crippen LogP contribution in [-0.4, -0.2) is 17.2 Å². The van der Waals surface area contributed by atoms with Crippen molar-refractivity contribution in [3.05, 3.63) is 35.2 Å². The van der Waals surface area contributed by atoms with Gasteiger partial charge in [0.15, 0.2) is 0 Å². The highest BCUT2D eigenvalue weighted by atomic mass is 16.4. The third-order valence-corrected chi connectivity index (χ3v) is 3.88. The molecule has 0 radical (unpaired) electrons. The number of nitrogens with zero attached hydrogens (tertiary/aromatic N) is 2. The summed E-state index contributed by atoms with van der Waals surface area (Å²) < 4.78 is 5.64. The molecule has 1 aliphatic carbocycles. The monoisotopic (exact) mass is 272 g/mol. The second kappa shape index (κ2) is 5.63. The van der Waals surface area contributed by atoms with Gasteiger partial charge in [-0.3, -0.25) is 0 Å². The Morgan fingerprint density at radius 2 is 2.05 bits per heavy atom. The fourth-order valence-corrected chi connectivity index (χ4v) is 2.60. The third-order valence-electron chi connectivity index (χ3n) is 3.88. The Kier molecular flexibility index (Phi) is 3.69. The van der Waals surface area contributed by atoms with Gasteiger partial charge in [-0.05, 0) is 56.8 Å². The first-order valence-electron chi connectivity index (χ1n) is 7.16. The van der Waals surface area contributed by atoms with E-state index in [1.165, 1.54) is 24.0 Å². The van der Waals surface area contributed by atoms with Gasteiger partial charge in [-0.2, -0.15) is 0 Å². The molecule has 0 amide bonds. The summed E-state index contributed by atoms with van der Waals surface area (Å²) >= 11 is 0. The molecule has 0 saturated heterocycles. The SMILES string of the molecule is CNC(C)c1nnc(Nc2cccc3c2CCCC3)o1. The van der Waals surface area contributed by atoms with Crippen LogP contribution in [0.5, 0.6) is 0 Å². The predicted octanol–water partition coefficient (Wildman–Crippen LogP) is 2.97. The second-order valence-electron chi connectivity index (χ2n) is 5.23. The Morgan fingerprint density at radius 1 is 1.20 bits per heavy atom. The van der Waals surface area contributed by atoms with E-state index in [0.29, 0.717) is 11.9 Å². The minimum atomic E-state index is 0.0581. The van der Waals surface area contributed by atoms with Gasteiger partial charge in [-0.1, -0.05) is 17.2 Å². The van der Waals surface area contributed by atoms with Crippen molar-refractivity contribution in [3.8, 4) is 0 Å². The van der Waals surface area contributed by atoms with Gasteiger partial charge in [-0.25, -0.2) is 0 Å². The molecule has 2 N–H and O–H groups in total. The molecular formula is C15H20N4O. The lowest BCUT2D eigenvalue weighted by Crippen LogP contribution is -2.12. The Balaban J connectivity index is 1.83. The number of rotatable bonds is 4. The average molecular weight is 272 g/mol. The van der Waals surface area contributed by atoms with Crippen molar-refractivity contribution in [3.63, 3.8) is 0 Å². The van der Waals surface area contributed by atoms with Crippen molar-refractivity contribution in [2.45, 2.75) is 38.6 Å². The number of fused-ring (bicyclic) bond motifs is 1. The molecule has 5 heteroatoms. The van der Waals surface area contributed by atoms with E-state index in [4.69, 9.17) is 4.42 Å². The summed E-state index contributed by atoms with van der Waals surface area (Å²) in [7, 11) is 1.87. The number of hydrogen-bond acceptors (Lipinski definition) is 5. The standard InChI is InChI=1S/C15H20N4O/c1-10(16-2)14-18-19-15(20-14)17-13-9-5-7-11-6-3-4-8-12(11)13/h5,7,9-10,16H,3-4,6,8H2,1-2H3,(H,17,19). The van der Waals surface area contributed by atoms with E-state index < -0.39 is 0 Å². The van der Waals surface area contributed by atoms with Crippen LogP contribution in [0.3, 0.4) is 0 Å². The highest BCUT2D eigenvalue weighted by Crippen LogP contribution is 2.29. The largest absolute Gasteiger partial charge is 0.406 e. The Bertz CT molecular complexity index is 593. The first-order valence-corrected chi connectivity index (χ1v) is 7.16. The maximum Gasteiger partial charge on any atom is 0.320 e. The Labute approximate surface area is 118 Å². The van der Waals surface area contributed by atoms with Gasteiger partial charge in [0, 0.05) is 5.69 Å². The molecule has 1 atom stereocenters. The van der Waals surface area contributed by atoms with Gasteiger partial charge in [-0.15, -0.1) is 5.10 Å². The first-order chi connectivity index (χ1) is 9.78. The lowest BCUT2D eigenvalue weighted by molar-refractivity contribution is 0.443. The van der Waals surface area contributed by atoms with Gasteiger partial charge in [0.2, 0.25) is 5.89 Å². The molecule has 3 rings (SSSR count). The van der Waals surface area contributed by atoms with Crippen LogP contribution in [0.1, 0.15) is 42.8 Å². The Morgan fingerprint density at radius 3 is 2.90 bits per heavy atom. The maximum atomic E-state index is 5.64. The van der Waals surface area contributed by atoms with Crippen molar-refractivity contribution in [2.24, 2.45) is 0 Å². The third kappa shape index (κ3) is 2.54. The smallest absolute Gasteiger partial charge is 0.320 e. The van der Waals surface area contributed by atoms with E-state index in [0.717, 1.165) is 18.5 Å². The molecule has 106 valence electrons. The van der Waals surface area contributed by atoms with Crippen molar-refractivity contribution in [2.75, 3.05) is 12.4 Å². The van der Waals surface area contributed by atoms with Crippen molar-refractivity contribution < 1.29 is 4.42 Å². The van der Waals surface area contributed by atoms with E-state index in [1.807, 2.05) is 14.0 Å². The van der Waals surface area contributed by atoms with Gasteiger partial charge in [0.05, 0.1) is 6.04 Å². The van der Waals surface area contributed by atoms with Crippen LogP contribution >= 0.6 is 0 Å². The molecule has 0 spiro atoms. The topological polar surface area (TPSA) is 63.0 Å². The molecule has 0 saturated carbocycles. The minimum Gasteiger partial charge on any atom is -0.406 e. The summed E-state index contributed by atoms with van der Waals surface area (Å²) in [6, 6.07) is 6.89. The van der Waals surface area contributed by atoms with Crippen molar-refractivity contribution in [1.82, 2.24) is 15.5 Å². The van der Waals surface area contributed by atoms with Crippen LogP contribution in [0.2, 0.25) is 0 Å². The van der Waals surface area contributed by atoms with Crippen molar-refractivity contribution >= 4 is 11.7 Å². The van der Waals surface area contributed by atoms with Gasteiger partial charge in [0.25, 0.3) is 0 Å². The van der Waals surface area contributed by atoms with Crippen molar-refractivity contribution in [1.29, 1.82) is 0 Å². The van der Waals surface area contributed by atoms with Crippen LogP contribution in [0, 0.1) is 0 Å². The molecule has 0 bridgehead atoms. The lowest BCUT2D eigenvalue weighted by Gasteiger charge is -2.18. The van der Waals surface area contributed by atoms with Gasteiger partial charge in [0.1, 0.15) is 0 Å². The fraction of sp³-hybridized carbons (Fsp3) is 0.467. The molecule has 1 unspecified atom stereocenters. The zero-order chi connectivity index (χ0) is 13.9. The van der Waals surface area contributed by atoms with E-state index in [2.05, 4.69) is 39.0 Å². The van der Waals surface area contributed by atoms with Gasteiger partial charge < -0.3 is 15.1 Å². The maximum absolute atomic E-state index is 5.64. The summed E-state index contributed by atoms with van der Waals surface area (Å²) in [6.45, 7) is 1.99. The van der Waals surface area contributed by atoms with Crippen LogP contribution in [-0.2, 0) is 12.8 Å². The van der Waals surface area contributed by atoms with E-state index in [-0.39, 0.29) is 6.04 Å². The molecule has 2 aromatic rings. The number of aromatic nitrogens is 2. The fourth-order valence-electron chi connectivity index (χ4n) is 2.60. The minimum absolute atomic E-state index is 0.0581. The molecule has 5 nitrogen and oxygen atoms in total. The van der Waals surface area contributed by atoms with E-state index in [9.17, 15) is 0 Å². The first kappa shape index (κ1) is 13.1. The second-order valence-corrected chi connectivity index (χ2v) is 5.23. The molecule has 0 fully saturated rings. The summed E-state index contributed by atoms with van der Waals surface area (Å²) in [5, 5.41) is 14.5. The van der Waals surface area contributed by atoms with Crippen LogP contribution in [0.4, 0.5) is 11.7 Å². The zero-order valence-electron chi connectivity index (χ0n) is 11.9. The number of anilines is 2. The summed E-state index contributed by atoms with van der Waals surface area (Å²) in [5.41, 5.74) is 3.92. The lowest BCUT2D eigenvalue weighted by atomic mass is 9.90. The quantitative estimate of drug-likeness (QED) is 0.896. The zero-order valence-corrected chi connectivity index (χ0v) is 11.9. The Hall–Kier alpha value is -1.88. The van der Waals surface area contributed by atoms with E-state index >= 15 is 0 Å². The summed E-state index contributed by atoms with van der Waals surface area (Å²) in [5.74, 6) is 0.597. The predicted molar refractivity (Wildman–Crippen MR) is 78.1 cm³/mol. The molecule has 1 aliphatic rings. The summed E-state index contributed by atoms with van der Waals surface area (Å²) in [6.07, 6.45) is 4.81. The highest BCUT2D eigenvalue weighted by Gasteiger charge is 2.16. The molecule has 1 heterocycles. The number of aryl methyl sites for hydroxylation is 1. The molecular weight excluding hydrogens is 252 g/mol. The summed E-state index contributed by atoms with van der Waals surface area (Å²) in [4.78, 5) is 0. The molecule has 20 heavy (non-hydrogen) atoms. The van der Waals surface area contributed by atoms with Crippen LogP contribution < -0.4 is 10.6 Å². The highest BCUT2D eigenvalue weighted by molar-refractivity contribution is 5.60. The molecule has 0 aliphatic heterocycles. The normalized spacial score (nSPS) is 15.7. The van der Waals surface area contributed by atoms with Crippen LogP contribution in [0.25, 0.3) is 0 Å².